The molecule has 0 saturated heterocycles. The number of carbonyl (C=O) groups is 1. The van der Waals surface area contributed by atoms with Crippen LogP contribution in [0.5, 0.6) is 5.75 Å². The van der Waals surface area contributed by atoms with Crippen molar-refractivity contribution in [2.45, 2.75) is 6.42 Å². The average molecular weight is 242 g/mol. The van der Waals surface area contributed by atoms with Crippen LogP contribution in [0.25, 0.3) is 0 Å². The van der Waals surface area contributed by atoms with E-state index in [9.17, 15) is 4.79 Å². The van der Waals surface area contributed by atoms with Crippen LogP contribution in [-0.2, 0) is 16.5 Å². The summed E-state index contributed by atoms with van der Waals surface area (Å²) < 4.78 is 16.6. The van der Waals surface area contributed by atoms with Crippen LogP contribution < -0.4 is 4.74 Å². The molecule has 1 rings (SSSR count). The van der Waals surface area contributed by atoms with Gasteiger partial charge in [-0.1, -0.05) is 0 Å². The molecule has 0 N–H and O–H groups in total. The van der Waals surface area contributed by atoms with E-state index in [4.69, 9.17) is 14.2 Å². The van der Waals surface area contributed by atoms with Crippen LogP contribution >= 0.6 is 0 Å². The number of hydrogen-bond acceptors (Lipinski definition) is 5. The van der Waals surface area contributed by atoms with E-state index in [1.165, 1.54) is 18.0 Å². The summed E-state index contributed by atoms with van der Waals surface area (Å²) in [5.41, 5.74) is 0.475. The van der Waals surface area contributed by atoms with Crippen LogP contribution in [0, 0.1) is 0 Å². The number of ketones is 1. The van der Waals surface area contributed by atoms with E-state index in [1.54, 1.807) is 14.2 Å². The Morgan fingerprint density at radius 3 is 2.76 bits per heavy atom. The molecule has 0 atom stereocenters. The van der Waals surface area contributed by atoms with Gasteiger partial charge in [0.05, 0.1) is 33.1 Å². The van der Waals surface area contributed by atoms with Crippen LogP contribution in [0.3, 0.4) is 0 Å². The van der Waals surface area contributed by atoms with Crippen LogP contribution in [0.4, 0.5) is 0 Å². The molecule has 0 bridgehead atoms. The predicted octanol–water partition coefficient (Wildman–Crippen LogP) is 0.664. The maximum atomic E-state index is 11.9. The van der Waals surface area contributed by atoms with Gasteiger partial charge in [-0.2, -0.15) is 5.10 Å². The fourth-order valence-corrected chi connectivity index (χ4v) is 1.41. The Morgan fingerprint density at radius 2 is 2.12 bits per heavy atom. The minimum absolute atomic E-state index is 0.0423. The van der Waals surface area contributed by atoms with E-state index in [1.807, 2.05) is 0 Å². The summed E-state index contributed by atoms with van der Waals surface area (Å²) in [4.78, 5) is 11.9. The molecule has 1 heterocycles. The highest BCUT2D eigenvalue weighted by molar-refractivity contribution is 5.97. The Bertz CT molecular complexity index is 362. The van der Waals surface area contributed by atoms with Gasteiger partial charge in [-0.15, -0.1) is 0 Å². The first kappa shape index (κ1) is 13.7. The van der Waals surface area contributed by atoms with Gasteiger partial charge in [-0.05, 0) is 0 Å². The lowest BCUT2D eigenvalue weighted by molar-refractivity contribution is 0.0637. The van der Waals surface area contributed by atoms with Gasteiger partial charge in [0.1, 0.15) is 5.69 Å². The number of rotatable bonds is 8. The molecule has 0 fully saturated rings. The van der Waals surface area contributed by atoms with Crippen LogP contribution in [0.2, 0.25) is 0 Å². The van der Waals surface area contributed by atoms with Crippen LogP contribution in [0.15, 0.2) is 6.20 Å². The maximum absolute atomic E-state index is 11.9. The lowest BCUT2D eigenvalue weighted by Gasteiger charge is -2.05. The largest absolute Gasteiger partial charge is 0.493 e. The molecule has 0 amide bonds. The van der Waals surface area contributed by atoms with Crippen molar-refractivity contribution < 1.29 is 19.0 Å². The van der Waals surface area contributed by atoms with Crippen molar-refractivity contribution in [2.24, 2.45) is 7.05 Å². The Kier molecular flexibility index (Phi) is 5.65. The molecule has 1 aromatic rings. The first-order valence-corrected chi connectivity index (χ1v) is 5.36. The van der Waals surface area contributed by atoms with E-state index in [2.05, 4.69) is 5.10 Å². The molecule has 1 aromatic heterocycles. The van der Waals surface area contributed by atoms with E-state index in [0.717, 1.165) is 0 Å². The number of methoxy groups -OCH3 is 2. The highest BCUT2D eigenvalue weighted by Crippen LogP contribution is 2.17. The minimum Gasteiger partial charge on any atom is -0.493 e. The van der Waals surface area contributed by atoms with Gasteiger partial charge in [0, 0.05) is 20.6 Å². The molecule has 0 aliphatic carbocycles. The summed E-state index contributed by atoms with van der Waals surface area (Å²) in [6.45, 7) is 1.39. The third-order valence-corrected chi connectivity index (χ3v) is 2.29. The molecule has 0 spiro atoms. The van der Waals surface area contributed by atoms with Crippen molar-refractivity contribution in [3.8, 4) is 5.75 Å². The number of hydrogen-bond donors (Lipinski definition) is 0. The van der Waals surface area contributed by atoms with Crippen molar-refractivity contribution >= 4 is 5.78 Å². The fourth-order valence-electron chi connectivity index (χ4n) is 1.41. The lowest BCUT2D eigenvalue weighted by Crippen LogP contribution is -2.12. The quantitative estimate of drug-likeness (QED) is 0.495. The highest BCUT2D eigenvalue weighted by atomic mass is 16.5. The predicted molar refractivity (Wildman–Crippen MR) is 61.4 cm³/mol. The normalized spacial score (nSPS) is 10.5. The zero-order valence-electron chi connectivity index (χ0n) is 10.4. The number of Topliss-reactive ketones (excluding diaryl/α,β-unsaturated/α-hetero) is 1. The summed E-state index contributed by atoms with van der Waals surface area (Å²) in [7, 11) is 4.83. The van der Waals surface area contributed by atoms with E-state index >= 15 is 0 Å². The Labute approximate surface area is 100 Å². The Balaban J connectivity index is 2.44. The molecule has 17 heavy (non-hydrogen) atoms. The van der Waals surface area contributed by atoms with E-state index < -0.39 is 0 Å². The van der Waals surface area contributed by atoms with Gasteiger partial charge >= 0.3 is 0 Å². The third kappa shape index (κ3) is 3.83. The van der Waals surface area contributed by atoms with Gasteiger partial charge in [-0.3, -0.25) is 9.48 Å². The van der Waals surface area contributed by atoms with E-state index in [-0.39, 0.29) is 5.78 Å². The summed E-state index contributed by atoms with van der Waals surface area (Å²) in [6.07, 6.45) is 1.83. The zero-order chi connectivity index (χ0) is 12.7. The maximum Gasteiger partial charge on any atom is 0.186 e. The summed E-state index contributed by atoms with van der Waals surface area (Å²) in [5, 5.41) is 3.98. The Hall–Kier alpha value is -1.40. The summed E-state index contributed by atoms with van der Waals surface area (Å²) in [5.74, 6) is 0.452. The van der Waals surface area contributed by atoms with Gasteiger partial charge in [0.2, 0.25) is 0 Å². The molecule has 96 valence electrons. The first-order chi connectivity index (χ1) is 8.20. The van der Waals surface area contributed by atoms with Gasteiger partial charge in [0.25, 0.3) is 0 Å². The smallest absolute Gasteiger partial charge is 0.186 e. The SMILES string of the molecule is COCCOCCC(=O)c1c(OC)cnn1C. The molecule has 0 aliphatic heterocycles. The second kappa shape index (κ2) is 7.03. The topological polar surface area (TPSA) is 62.6 Å². The molecule has 0 radical (unpaired) electrons. The van der Waals surface area contributed by atoms with Gasteiger partial charge < -0.3 is 14.2 Å². The number of carbonyl (C=O) groups excluding carboxylic acids is 1. The van der Waals surface area contributed by atoms with Gasteiger partial charge in [0.15, 0.2) is 11.5 Å². The molecular weight excluding hydrogens is 224 g/mol. The Morgan fingerprint density at radius 1 is 1.35 bits per heavy atom. The molecule has 0 unspecified atom stereocenters. The molecule has 0 saturated carbocycles. The van der Waals surface area contributed by atoms with Crippen molar-refractivity contribution in [2.75, 3.05) is 34.0 Å². The standard InChI is InChI=1S/C11H18N2O4/c1-13-11(10(16-3)8-12-13)9(14)4-5-17-7-6-15-2/h8H,4-7H2,1-3H3. The number of ether oxygens (including phenoxy) is 3. The monoisotopic (exact) mass is 242 g/mol. The molecule has 0 aliphatic rings. The summed E-state index contributed by atoms with van der Waals surface area (Å²) in [6, 6.07) is 0. The van der Waals surface area contributed by atoms with E-state index in [0.29, 0.717) is 37.7 Å². The van der Waals surface area contributed by atoms with Crippen LogP contribution in [0.1, 0.15) is 16.9 Å². The van der Waals surface area contributed by atoms with Gasteiger partial charge in [-0.25, -0.2) is 0 Å². The number of aryl methyl sites for hydroxylation is 1. The second-order valence-electron chi connectivity index (χ2n) is 3.46. The average Bonchev–Trinajstić information content (AvgIpc) is 2.70. The van der Waals surface area contributed by atoms with Crippen LogP contribution in [-0.4, -0.2) is 49.6 Å². The minimum atomic E-state index is -0.0423. The fraction of sp³-hybridized carbons (Fsp3) is 0.636. The number of aromatic nitrogens is 2. The molecule has 0 aromatic carbocycles. The third-order valence-electron chi connectivity index (χ3n) is 2.29. The molecule has 6 heteroatoms. The first-order valence-electron chi connectivity index (χ1n) is 5.36. The lowest BCUT2D eigenvalue weighted by atomic mass is 10.2. The van der Waals surface area contributed by atoms with Crippen molar-refractivity contribution in [1.29, 1.82) is 0 Å². The van der Waals surface area contributed by atoms with Crippen molar-refractivity contribution in [3.05, 3.63) is 11.9 Å². The summed E-state index contributed by atoms with van der Waals surface area (Å²) >= 11 is 0. The highest BCUT2D eigenvalue weighted by Gasteiger charge is 2.16. The zero-order valence-corrected chi connectivity index (χ0v) is 10.4. The van der Waals surface area contributed by atoms with Crippen molar-refractivity contribution in [3.63, 3.8) is 0 Å². The number of nitrogens with zero attached hydrogens (tertiary/aromatic N) is 2. The molecular formula is C11H18N2O4. The second-order valence-corrected chi connectivity index (χ2v) is 3.46. The molecule has 6 nitrogen and oxygen atoms in total. The van der Waals surface area contributed by atoms with Crippen molar-refractivity contribution in [1.82, 2.24) is 9.78 Å².